The zero-order valence-electron chi connectivity index (χ0n) is 23.7. The lowest BCUT2D eigenvalue weighted by Crippen LogP contribution is -2.38. The SMILES string of the molecule is C=C(Nc1cccc(C2=CN=CCC2)c1)N1CCCN(C)c2ccc(N3CCCN(CC(C)(C)F)CC3)nc21. The van der Waals surface area contributed by atoms with Crippen molar-refractivity contribution in [2.75, 3.05) is 72.9 Å². The Labute approximate surface area is 232 Å². The Bertz CT molecular complexity index is 1230. The number of alkyl halides is 1. The molecule has 1 aromatic carbocycles. The van der Waals surface area contributed by atoms with Gasteiger partial charge in [0, 0.05) is 71.0 Å². The molecule has 0 atom stereocenters. The number of aromatic nitrogens is 1. The van der Waals surface area contributed by atoms with E-state index in [4.69, 9.17) is 4.98 Å². The third-order valence-electron chi connectivity index (χ3n) is 7.62. The van der Waals surface area contributed by atoms with Crippen LogP contribution in [0.25, 0.3) is 5.57 Å². The lowest BCUT2D eigenvalue weighted by atomic mass is 10.0. The smallest absolute Gasteiger partial charge is 0.160 e. The van der Waals surface area contributed by atoms with Crippen LogP contribution in [0.3, 0.4) is 0 Å². The second-order valence-corrected chi connectivity index (χ2v) is 11.5. The Morgan fingerprint density at radius 2 is 1.90 bits per heavy atom. The van der Waals surface area contributed by atoms with E-state index in [9.17, 15) is 4.39 Å². The van der Waals surface area contributed by atoms with Gasteiger partial charge in [-0.2, -0.15) is 0 Å². The molecular formula is C31H42FN7. The van der Waals surface area contributed by atoms with Crippen LogP contribution in [-0.4, -0.2) is 74.6 Å². The van der Waals surface area contributed by atoms with E-state index in [-0.39, 0.29) is 0 Å². The monoisotopic (exact) mass is 531 g/mol. The zero-order chi connectivity index (χ0) is 27.4. The van der Waals surface area contributed by atoms with Gasteiger partial charge in [-0.15, -0.1) is 0 Å². The molecule has 0 unspecified atom stereocenters. The molecule has 8 heteroatoms. The fourth-order valence-corrected chi connectivity index (χ4v) is 5.70. The summed E-state index contributed by atoms with van der Waals surface area (Å²) in [5, 5.41) is 3.56. The van der Waals surface area contributed by atoms with E-state index in [1.165, 1.54) is 11.1 Å². The zero-order valence-corrected chi connectivity index (χ0v) is 23.7. The number of anilines is 4. The van der Waals surface area contributed by atoms with Gasteiger partial charge >= 0.3 is 0 Å². The Kier molecular flexibility index (Phi) is 8.21. The summed E-state index contributed by atoms with van der Waals surface area (Å²) in [6, 6.07) is 12.8. The number of allylic oxidation sites excluding steroid dienone is 1. The predicted octanol–water partition coefficient (Wildman–Crippen LogP) is 5.78. The third kappa shape index (κ3) is 6.79. The van der Waals surface area contributed by atoms with Crippen molar-refractivity contribution in [3.8, 4) is 0 Å². The molecule has 5 rings (SSSR count). The fourth-order valence-electron chi connectivity index (χ4n) is 5.70. The molecule has 39 heavy (non-hydrogen) atoms. The number of benzene rings is 1. The van der Waals surface area contributed by atoms with E-state index in [2.05, 4.69) is 79.9 Å². The van der Waals surface area contributed by atoms with E-state index in [1.807, 2.05) is 12.4 Å². The highest BCUT2D eigenvalue weighted by Gasteiger charge is 2.26. The number of rotatable bonds is 7. The number of aliphatic imine (C=N–C) groups is 1. The summed E-state index contributed by atoms with van der Waals surface area (Å²) >= 11 is 0. The first kappa shape index (κ1) is 27.2. The minimum atomic E-state index is -1.18. The molecule has 1 aromatic heterocycles. The highest BCUT2D eigenvalue weighted by molar-refractivity contribution is 5.77. The van der Waals surface area contributed by atoms with E-state index in [0.717, 1.165) is 93.8 Å². The maximum absolute atomic E-state index is 14.3. The van der Waals surface area contributed by atoms with Crippen LogP contribution < -0.4 is 20.0 Å². The average molecular weight is 532 g/mol. The molecule has 1 fully saturated rings. The molecule has 2 aromatic rings. The summed E-state index contributed by atoms with van der Waals surface area (Å²) in [4.78, 5) is 18.6. The molecule has 208 valence electrons. The molecule has 1 N–H and O–H groups in total. The van der Waals surface area contributed by atoms with Gasteiger partial charge in [-0.3, -0.25) is 9.89 Å². The van der Waals surface area contributed by atoms with Crippen LogP contribution in [0.5, 0.6) is 0 Å². The molecule has 0 radical (unpaired) electrons. The van der Waals surface area contributed by atoms with Crippen LogP contribution in [0.2, 0.25) is 0 Å². The Balaban J connectivity index is 1.35. The molecule has 1 saturated heterocycles. The van der Waals surface area contributed by atoms with Crippen molar-refractivity contribution in [3.05, 3.63) is 60.6 Å². The standard InChI is InChI=1S/C31H42FN7/c1-24(34-27-11-5-9-25(21-27)26-10-6-14-33-22-26)39-18-7-15-36(4)28-12-13-29(35-30(28)39)38-17-8-16-37(19-20-38)23-31(2,3)32/h5,9,11-14,21-22,34H,1,6-8,10,15-20,23H2,2-4H3. The Morgan fingerprint density at radius 3 is 2.69 bits per heavy atom. The van der Waals surface area contributed by atoms with E-state index < -0.39 is 5.67 Å². The Morgan fingerprint density at radius 1 is 1.05 bits per heavy atom. The maximum Gasteiger partial charge on any atom is 0.160 e. The van der Waals surface area contributed by atoms with E-state index in [0.29, 0.717) is 6.54 Å². The average Bonchev–Trinajstić information content (AvgIpc) is 3.24. The van der Waals surface area contributed by atoms with Crippen molar-refractivity contribution in [1.82, 2.24) is 9.88 Å². The second-order valence-electron chi connectivity index (χ2n) is 11.5. The number of pyridine rings is 1. The van der Waals surface area contributed by atoms with Crippen LogP contribution in [0.15, 0.2) is 60.0 Å². The summed E-state index contributed by atoms with van der Waals surface area (Å²) in [6.45, 7) is 13.5. The van der Waals surface area contributed by atoms with Gasteiger partial charge in [0.15, 0.2) is 5.82 Å². The van der Waals surface area contributed by atoms with Crippen molar-refractivity contribution in [2.24, 2.45) is 4.99 Å². The Hall–Kier alpha value is -3.39. The van der Waals surface area contributed by atoms with Crippen LogP contribution in [-0.2, 0) is 0 Å². The van der Waals surface area contributed by atoms with Crippen molar-refractivity contribution in [3.63, 3.8) is 0 Å². The van der Waals surface area contributed by atoms with Crippen LogP contribution >= 0.6 is 0 Å². The number of hydrogen-bond acceptors (Lipinski definition) is 7. The molecule has 0 amide bonds. The fraction of sp³-hybridized carbons (Fsp3) is 0.484. The lowest BCUT2D eigenvalue weighted by Gasteiger charge is -2.30. The predicted molar refractivity (Wildman–Crippen MR) is 163 cm³/mol. The van der Waals surface area contributed by atoms with Gasteiger partial charge in [0.05, 0.1) is 5.69 Å². The summed E-state index contributed by atoms with van der Waals surface area (Å²) in [7, 11) is 2.13. The van der Waals surface area contributed by atoms with Crippen molar-refractivity contribution in [2.45, 2.75) is 45.2 Å². The lowest BCUT2D eigenvalue weighted by molar-refractivity contribution is 0.131. The molecular weight excluding hydrogens is 489 g/mol. The highest BCUT2D eigenvalue weighted by Crippen LogP contribution is 2.35. The largest absolute Gasteiger partial charge is 0.372 e. The van der Waals surface area contributed by atoms with Crippen LogP contribution in [0.1, 0.15) is 45.1 Å². The number of nitrogens with one attached hydrogen (secondary N) is 1. The highest BCUT2D eigenvalue weighted by atomic mass is 19.1. The van der Waals surface area contributed by atoms with E-state index >= 15 is 0 Å². The molecule has 7 nitrogen and oxygen atoms in total. The van der Waals surface area contributed by atoms with Crippen molar-refractivity contribution < 1.29 is 4.39 Å². The van der Waals surface area contributed by atoms with Gasteiger partial charge in [0.1, 0.15) is 17.3 Å². The summed E-state index contributed by atoms with van der Waals surface area (Å²) in [6.07, 6.45) is 7.91. The van der Waals surface area contributed by atoms with Gasteiger partial charge in [-0.1, -0.05) is 18.7 Å². The summed E-state index contributed by atoms with van der Waals surface area (Å²) < 4.78 is 14.3. The van der Waals surface area contributed by atoms with Gasteiger partial charge in [-0.25, -0.2) is 9.37 Å². The molecule has 3 aliphatic rings. The molecule has 4 heterocycles. The summed E-state index contributed by atoms with van der Waals surface area (Å²) in [5.41, 5.74) is 3.37. The minimum Gasteiger partial charge on any atom is -0.372 e. The first-order valence-corrected chi connectivity index (χ1v) is 14.2. The molecule has 0 spiro atoms. The maximum atomic E-state index is 14.3. The first-order chi connectivity index (χ1) is 18.8. The minimum absolute atomic E-state index is 0.466. The van der Waals surface area contributed by atoms with Crippen LogP contribution in [0, 0.1) is 0 Å². The van der Waals surface area contributed by atoms with Crippen molar-refractivity contribution in [1.29, 1.82) is 0 Å². The van der Waals surface area contributed by atoms with Crippen molar-refractivity contribution >= 4 is 34.8 Å². The first-order valence-electron chi connectivity index (χ1n) is 14.2. The third-order valence-corrected chi connectivity index (χ3v) is 7.62. The normalized spacial score (nSPS) is 18.8. The second kappa shape index (κ2) is 11.8. The van der Waals surface area contributed by atoms with Gasteiger partial charge in [-0.05, 0) is 74.9 Å². The number of fused-ring (bicyclic) bond motifs is 1. The quantitative estimate of drug-likeness (QED) is 0.489. The number of hydrogen-bond donors (Lipinski definition) is 1. The number of nitrogens with zero attached hydrogens (tertiary/aromatic N) is 6. The molecule has 3 aliphatic heterocycles. The number of halogens is 1. The van der Waals surface area contributed by atoms with Gasteiger partial charge in [0.2, 0.25) is 0 Å². The molecule has 0 aliphatic carbocycles. The summed E-state index contributed by atoms with van der Waals surface area (Å²) in [5.74, 6) is 2.71. The van der Waals surface area contributed by atoms with Gasteiger partial charge < -0.3 is 20.0 Å². The van der Waals surface area contributed by atoms with Gasteiger partial charge in [0.25, 0.3) is 0 Å². The topological polar surface area (TPSA) is 50.2 Å². The van der Waals surface area contributed by atoms with Crippen LogP contribution in [0.4, 0.5) is 27.4 Å². The molecule has 0 bridgehead atoms. The van der Waals surface area contributed by atoms with E-state index in [1.54, 1.807) is 13.8 Å². The molecule has 0 saturated carbocycles.